The van der Waals surface area contributed by atoms with Gasteiger partial charge in [-0.15, -0.1) is 11.6 Å². The number of rotatable bonds is 4. The minimum absolute atomic E-state index is 0.200. The fraction of sp³-hybridized carbons (Fsp3) is 0.571. The third-order valence-electron chi connectivity index (χ3n) is 0.931. The van der Waals surface area contributed by atoms with E-state index in [2.05, 4.69) is 17.2 Å². The lowest BCUT2D eigenvalue weighted by Gasteiger charge is -2.04. The molecule has 0 heterocycles. The van der Waals surface area contributed by atoms with Crippen LogP contribution >= 0.6 is 11.6 Å². The smallest absolute Gasteiger partial charge is 0.315 e. The summed E-state index contributed by atoms with van der Waals surface area (Å²) in [5.41, 5.74) is 0.922. The Morgan fingerprint density at radius 3 is 2.64 bits per heavy atom. The van der Waals surface area contributed by atoms with E-state index in [9.17, 15) is 4.79 Å². The molecule has 4 heteroatoms. The van der Waals surface area contributed by atoms with Gasteiger partial charge in [-0.3, -0.25) is 0 Å². The maximum absolute atomic E-state index is 10.8. The molecule has 0 aromatic rings. The lowest BCUT2D eigenvalue weighted by Crippen LogP contribution is -2.37. The lowest BCUT2D eigenvalue weighted by atomic mass is 10.3. The zero-order chi connectivity index (χ0) is 8.69. The van der Waals surface area contributed by atoms with Gasteiger partial charge in [0.2, 0.25) is 0 Å². The molecular formula is C7H13ClN2O. The number of hydrogen-bond acceptors (Lipinski definition) is 1. The van der Waals surface area contributed by atoms with Crippen molar-refractivity contribution in [1.82, 2.24) is 10.6 Å². The molecule has 0 unspecified atom stereocenters. The quantitative estimate of drug-likeness (QED) is 0.489. The van der Waals surface area contributed by atoms with Crippen LogP contribution in [0.15, 0.2) is 12.2 Å². The van der Waals surface area contributed by atoms with Crippen LogP contribution in [-0.4, -0.2) is 25.0 Å². The van der Waals surface area contributed by atoms with Gasteiger partial charge >= 0.3 is 6.03 Å². The topological polar surface area (TPSA) is 41.1 Å². The Morgan fingerprint density at radius 1 is 1.55 bits per heavy atom. The Bertz CT molecular complexity index is 147. The Hall–Kier alpha value is -0.700. The minimum Gasteiger partial charge on any atom is -0.337 e. The van der Waals surface area contributed by atoms with Gasteiger partial charge in [0, 0.05) is 19.0 Å². The summed E-state index contributed by atoms with van der Waals surface area (Å²) in [6.07, 6.45) is 0. The molecule has 2 amide bonds. The second kappa shape index (κ2) is 6.04. The Balaban J connectivity index is 3.30. The summed E-state index contributed by atoms with van der Waals surface area (Å²) in [7, 11) is 0. The number of halogens is 1. The molecule has 0 aliphatic carbocycles. The first kappa shape index (κ1) is 10.3. The summed E-state index contributed by atoms with van der Waals surface area (Å²) in [5.74, 6) is 0.431. The molecule has 0 saturated heterocycles. The number of carbonyl (C=O) groups excluding carboxylic acids is 1. The first-order valence-electron chi connectivity index (χ1n) is 3.39. The summed E-state index contributed by atoms with van der Waals surface area (Å²) >= 11 is 5.35. The normalized spacial score (nSPS) is 8.91. The molecule has 0 fully saturated rings. The van der Waals surface area contributed by atoms with Crippen molar-refractivity contribution in [2.24, 2.45) is 0 Å². The predicted molar refractivity (Wildman–Crippen MR) is 46.9 cm³/mol. The van der Waals surface area contributed by atoms with E-state index in [1.807, 2.05) is 6.92 Å². The van der Waals surface area contributed by atoms with Crippen molar-refractivity contribution in [3.63, 3.8) is 0 Å². The number of hydrogen-bond donors (Lipinski definition) is 2. The van der Waals surface area contributed by atoms with Gasteiger partial charge in [0.05, 0.1) is 0 Å². The Morgan fingerprint density at radius 2 is 2.18 bits per heavy atom. The second-order valence-electron chi connectivity index (χ2n) is 2.26. The van der Waals surface area contributed by atoms with Crippen LogP contribution in [0, 0.1) is 0 Å². The van der Waals surface area contributed by atoms with Gasteiger partial charge in [-0.2, -0.15) is 0 Å². The first-order valence-corrected chi connectivity index (χ1v) is 3.92. The summed E-state index contributed by atoms with van der Waals surface area (Å²) in [6.45, 7) is 6.49. The minimum atomic E-state index is -0.200. The number of alkyl halides is 1. The fourth-order valence-electron chi connectivity index (χ4n) is 0.454. The Kier molecular flexibility index (Phi) is 5.65. The molecule has 3 nitrogen and oxygen atoms in total. The van der Waals surface area contributed by atoms with E-state index in [1.165, 1.54) is 0 Å². The molecule has 2 N–H and O–H groups in total. The molecule has 0 spiro atoms. The molecule has 0 aliphatic rings. The van der Waals surface area contributed by atoms with Crippen molar-refractivity contribution in [1.29, 1.82) is 0 Å². The van der Waals surface area contributed by atoms with E-state index in [1.54, 1.807) is 0 Å². The summed E-state index contributed by atoms with van der Waals surface area (Å²) in [6, 6.07) is -0.200. The first-order chi connectivity index (χ1) is 5.16. The van der Waals surface area contributed by atoms with Crippen molar-refractivity contribution in [2.75, 3.05) is 19.0 Å². The van der Waals surface area contributed by atoms with Crippen LogP contribution in [0.25, 0.3) is 0 Å². The van der Waals surface area contributed by atoms with Gasteiger partial charge in [-0.25, -0.2) is 4.79 Å². The number of amides is 2. The molecule has 0 rings (SSSR count). The zero-order valence-electron chi connectivity index (χ0n) is 6.61. The van der Waals surface area contributed by atoms with Crippen molar-refractivity contribution >= 4 is 17.6 Å². The molecule has 0 aromatic heterocycles. The maximum atomic E-state index is 10.8. The monoisotopic (exact) mass is 176 g/mol. The highest BCUT2D eigenvalue weighted by molar-refractivity contribution is 6.18. The van der Waals surface area contributed by atoms with Gasteiger partial charge in [-0.1, -0.05) is 12.2 Å². The SMILES string of the molecule is C=C(C)CNC(=O)NCCCl. The highest BCUT2D eigenvalue weighted by Gasteiger charge is 1.95. The van der Waals surface area contributed by atoms with Crippen LogP contribution in [0.5, 0.6) is 0 Å². The van der Waals surface area contributed by atoms with Crippen molar-refractivity contribution in [2.45, 2.75) is 6.92 Å². The summed E-state index contributed by atoms with van der Waals surface area (Å²) in [5, 5.41) is 5.17. The molecule has 0 saturated carbocycles. The lowest BCUT2D eigenvalue weighted by molar-refractivity contribution is 0.242. The highest BCUT2D eigenvalue weighted by atomic mass is 35.5. The average molecular weight is 177 g/mol. The van der Waals surface area contributed by atoms with E-state index in [0.29, 0.717) is 19.0 Å². The Labute approximate surface area is 71.8 Å². The highest BCUT2D eigenvalue weighted by Crippen LogP contribution is 1.80. The number of carbonyl (C=O) groups is 1. The van der Waals surface area contributed by atoms with Crippen LogP contribution in [0.1, 0.15) is 6.92 Å². The van der Waals surface area contributed by atoms with Crippen LogP contribution < -0.4 is 10.6 Å². The third-order valence-corrected chi connectivity index (χ3v) is 1.12. The zero-order valence-corrected chi connectivity index (χ0v) is 7.37. The van der Waals surface area contributed by atoms with Crippen molar-refractivity contribution in [3.8, 4) is 0 Å². The largest absolute Gasteiger partial charge is 0.337 e. The standard InChI is InChI=1S/C7H13ClN2O/c1-6(2)5-10-7(11)9-4-3-8/h1,3-5H2,2H3,(H2,9,10,11). The van der Waals surface area contributed by atoms with E-state index in [-0.39, 0.29) is 6.03 Å². The van der Waals surface area contributed by atoms with E-state index < -0.39 is 0 Å². The van der Waals surface area contributed by atoms with Crippen LogP contribution in [0.4, 0.5) is 4.79 Å². The fourth-order valence-corrected chi connectivity index (χ4v) is 0.549. The molecule has 0 radical (unpaired) electrons. The molecule has 0 aromatic carbocycles. The van der Waals surface area contributed by atoms with Crippen LogP contribution in [-0.2, 0) is 0 Å². The average Bonchev–Trinajstić information content (AvgIpc) is 1.97. The van der Waals surface area contributed by atoms with Crippen molar-refractivity contribution in [3.05, 3.63) is 12.2 Å². The molecular weight excluding hydrogens is 164 g/mol. The second-order valence-corrected chi connectivity index (χ2v) is 2.63. The predicted octanol–water partition coefficient (Wildman–Crippen LogP) is 1.10. The van der Waals surface area contributed by atoms with Gasteiger partial charge < -0.3 is 10.6 Å². The van der Waals surface area contributed by atoms with E-state index >= 15 is 0 Å². The molecule has 0 atom stereocenters. The number of urea groups is 1. The molecule has 11 heavy (non-hydrogen) atoms. The number of nitrogens with one attached hydrogen (secondary N) is 2. The van der Waals surface area contributed by atoms with Gasteiger partial charge in [0.25, 0.3) is 0 Å². The van der Waals surface area contributed by atoms with Crippen molar-refractivity contribution < 1.29 is 4.79 Å². The van der Waals surface area contributed by atoms with Gasteiger partial charge in [0.15, 0.2) is 0 Å². The molecule has 0 aliphatic heterocycles. The summed E-state index contributed by atoms with van der Waals surface area (Å²) in [4.78, 5) is 10.8. The van der Waals surface area contributed by atoms with Gasteiger partial charge in [0.1, 0.15) is 0 Å². The summed E-state index contributed by atoms with van der Waals surface area (Å²) < 4.78 is 0. The molecule has 64 valence electrons. The maximum Gasteiger partial charge on any atom is 0.315 e. The van der Waals surface area contributed by atoms with Gasteiger partial charge in [-0.05, 0) is 6.92 Å². The van der Waals surface area contributed by atoms with Crippen LogP contribution in [0.2, 0.25) is 0 Å². The third kappa shape index (κ3) is 7.19. The van der Waals surface area contributed by atoms with Crippen LogP contribution in [0.3, 0.4) is 0 Å². The van der Waals surface area contributed by atoms with E-state index in [0.717, 1.165) is 5.57 Å². The molecule has 0 bridgehead atoms. The van der Waals surface area contributed by atoms with E-state index in [4.69, 9.17) is 11.6 Å².